The maximum Gasteiger partial charge on any atom is 0.270 e. The Bertz CT molecular complexity index is 1090. The highest BCUT2D eigenvalue weighted by Crippen LogP contribution is 2.25. The van der Waals surface area contributed by atoms with E-state index in [1.54, 1.807) is 4.90 Å². The van der Waals surface area contributed by atoms with Crippen LogP contribution < -0.4 is 5.32 Å². The average Bonchev–Trinajstić information content (AvgIpc) is 3.51. The largest absolute Gasteiger partial charge is 0.356 e. The highest BCUT2D eigenvalue weighted by molar-refractivity contribution is 7.89. The zero-order valence-corrected chi connectivity index (χ0v) is 19.2. The summed E-state index contributed by atoms with van der Waals surface area (Å²) in [5.74, 6) is -0.699. The summed E-state index contributed by atoms with van der Waals surface area (Å²) in [6.45, 7) is 4.33. The van der Waals surface area contributed by atoms with Crippen LogP contribution >= 0.6 is 0 Å². The Morgan fingerprint density at radius 3 is 2.62 bits per heavy atom. The lowest BCUT2D eigenvalue weighted by Crippen LogP contribution is -2.45. The van der Waals surface area contributed by atoms with E-state index in [1.165, 1.54) is 16.6 Å². The van der Waals surface area contributed by atoms with Crippen LogP contribution in [0, 0.1) is 12.8 Å². The second-order valence-corrected chi connectivity index (χ2v) is 10.5. The Morgan fingerprint density at radius 1 is 1.12 bits per heavy atom. The Balaban J connectivity index is 1.40. The lowest BCUT2D eigenvalue weighted by molar-refractivity contribution is -0.126. The second kappa shape index (κ2) is 9.46. The molecule has 2 saturated heterocycles. The van der Waals surface area contributed by atoms with E-state index < -0.39 is 15.9 Å². The molecule has 32 heavy (non-hydrogen) atoms. The number of aryl methyl sites for hydroxylation is 1. The minimum Gasteiger partial charge on any atom is -0.356 e. The van der Waals surface area contributed by atoms with Crippen molar-refractivity contribution in [2.45, 2.75) is 44.0 Å². The standard InChI is InChI=1S/C23H30N4O4S/c1-17-7-2-3-8-18(17)14-25-22(28)19-9-6-12-27(16-19)32(30,31)20-13-21(24-15-20)23(29)26-10-4-5-11-26/h2-3,7-8,13,15,19,24H,4-6,9-12,14,16H2,1H3,(H,25,28)/t19-/m0/s1. The first-order valence-electron chi connectivity index (χ1n) is 11.2. The van der Waals surface area contributed by atoms with Crippen molar-refractivity contribution in [2.24, 2.45) is 5.92 Å². The number of hydrogen-bond acceptors (Lipinski definition) is 4. The highest BCUT2D eigenvalue weighted by Gasteiger charge is 2.34. The Hall–Kier alpha value is -2.65. The number of aromatic nitrogens is 1. The smallest absolute Gasteiger partial charge is 0.270 e. The van der Waals surface area contributed by atoms with Gasteiger partial charge >= 0.3 is 0 Å². The predicted octanol–water partition coefficient (Wildman–Crippen LogP) is 2.28. The summed E-state index contributed by atoms with van der Waals surface area (Å²) in [7, 11) is -3.79. The molecular formula is C23H30N4O4S. The van der Waals surface area contributed by atoms with Crippen molar-refractivity contribution >= 4 is 21.8 Å². The number of piperidine rings is 1. The van der Waals surface area contributed by atoms with Crippen LogP contribution in [-0.2, 0) is 21.4 Å². The van der Waals surface area contributed by atoms with Crippen molar-refractivity contribution in [3.05, 3.63) is 53.3 Å². The topological polar surface area (TPSA) is 103 Å². The Kier molecular flexibility index (Phi) is 6.66. The summed E-state index contributed by atoms with van der Waals surface area (Å²) in [6, 6.07) is 9.27. The third-order valence-corrected chi connectivity index (χ3v) is 8.23. The number of nitrogens with zero attached hydrogens (tertiary/aromatic N) is 2. The van der Waals surface area contributed by atoms with Gasteiger partial charge in [-0.15, -0.1) is 0 Å². The zero-order valence-electron chi connectivity index (χ0n) is 18.3. The SMILES string of the molecule is Cc1ccccc1CNC(=O)[C@H]1CCCN(S(=O)(=O)c2c[nH]c(C(=O)N3CCCC3)c2)C1. The van der Waals surface area contributed by atoms with Crippen molar-refractivity contribution in [3.63, 3.8) is 0 Å². The molecule has 0 bridgehead atoms. The summed E-state index contributed by atoms with van der Waals surface area (Å²) in [5, 5.41) is 2.95. The molecule has 9 heteroatoms. The molecule has 0 aliphatic carbocycles. The molecule has 2 N–H and O–H groups in total. The van der Waals surface area contributed by atoms with E-state index in [9.17, 15) is 18.0 Å². The van der Waals surface area contributed by atoms with Gasteiger partial charge in [0, 0.05) is 38.9 Å². The van der Waals surface area contributed by atoms with Crippen LogP contribution in [0.2, 0.25) is 0 Å². The summed E-state index contributed by atoms with van der Waals surface area (Å²) in [6.07, 6.45) is 4.58. The lowest BCUT2D eigenvalue weighted by atomic mass is 9.98. The van der Waals surface area contributed by atoms with Crippen LogP contribution in [0.1, 0.15) is 47.3 Å². The van der Waals surface area contributed by atoms with E-state index in [-0.39, 0.29) is 28.9 Å². The van der Waals surface area contributed by atoms with Crippen LogP contribution in [0.3, 0.4) is 0 Å². The van der Waals surface area contributed by atoms with Gasteiger partial charge in [0.1, 0.15) is 10.6 Å². The molecule has 1 aromatic heterocycles. The average molecular weight is 459 g/mol. The first-order valence-corrected chi connectivity index (χ1v) is 12.6. The van der Waals surface area contributed by atoms with Crippen LogP contribution in [0.5, 0.6) is 0 Å². The number of aromatic amines is 1. The Labute approximate surface area is 189 Å². The van der Waals surface area contributed by atoms with E-state index in [0.29, 0.717) is 39.0 Å². The summed E-state index contributed by atoms with van der Waals surface area (Å²) in [5.41, 5.74) is 2.44. The normalized spacial score (nSPS) is 19.8. The molecule has 0 spiro atoms. The minimum atomic E-state index is -3.79. The molecule has 2 aliphatic heterocycles. The van der Waals surface area contributed by atoms with Gasteiger partial charge in [-0.3, -0.25) is 9.59 Å². The molecule has 2 amide bonds. The molecule has 4 rings (SSSR count). The predicted molar refractivity (Wildman–Crippen MR) is 120 cm³/mol. The zero-order chi connectivity index (χ0) is 22.7. The number of likely N-dealkylation sites (tertiary alicyclic amines) is 1. The van der Waals surface area contributed by atoms with Gasteiger partial charge in [0.15, 0.2) is 0 Å². The number of nitrogens with one attached hydrogen (secondary N) is 2. The summed E-state index contributed by atoms with van der Waals surface area (Å²) < 4.78 is 27.7. The maximum atomic E-state index is 13.2. The van der Waals surface area contributed by atoms with Crippen molar-refractivity contribution in [3.8, 4) is 0 Å². The third kappa shape index (κ3) is 4.73. The first kappa shape index (κ1) is 22.5. The fourth-order valence-electron chi connectivity index (χ4n) is 4.40. The molecule has 2 aromatic rings. The number of rotatable bonds is 6. The van der Waals surface area contributed by atoms with Gasteiger partial charge in [0.25, 0.3) is 5.91 Å². The van der Waals surface area contributed by atoms with Crippen LogP contribution in [0.15, 0.2) is 41.4 Å². The first-order chi connectivity index (χ1) is 15.4. The fraction of sp³-hybridized carbons (Fsp3) is 0.478. The van der Waals surface area contributed by atoms with Crippen molar-refractivity contribution in [1.29, 1.82) is 0 Å². The van der Waals surface area contributed by atoms with E-state index in [0.717, 1.165) is 24.0 Å². The van der Waals surface area contributed by atoms with Gasteiger partial charge in [-0.2, -0.15) is 4.31 Å². The number of H-pyrrole nitrogens is 1. The highest BCUT2D eigenvalue weighted by atomic mass is 32.2. The van der Waals surface area contributed by atoms with E-state index >= 15 is 0 Å². The monoisotopic (exact) mass is 458 g/mol. The van der Waals surface area contributed by atoms with E-state index in [4.69, 9.17) is 0 Å². The molecule has 0 unspecified atom stereocenters. The van der Waals surface area contributed by atoms with Crippen LogP contribution in [0.4, 0.5) is 0 Å². The van der Waals surface area contributed by atoms with Gasteiger partial charge in [-0.05, 0) is 49.8 Å². The number of hydrogen-bond donors (Lipinski definition) is 2. The minimum absolute atomic E-state index is 0.0704. The molecule has 1 atom stereocenters. The van der Waals surface area contributed by atoms with Crippen molar-refractivity contribution < 1.29 is 18.0 Å². The third-order valence-electron chi connectivity index (χ3n) is 6.39. The van der Waals surface area contributed by atoms with Gasteiger partial charge in [0.2, 0.25) is 15.9 Å². The van der Waals surface area contributed by atoms with Crippen molar-refractivity contribution in [2.75, 3.05) is 26.2 Å². The Morgan fingerprint density at radius 2 is 1.88 bits per heavy atom. The van der Waals surface area contributed by atoms with Gasteiger partial charge in [-0.25, -0.2) is 8.42 Å². The molecule has 0 saturated carbocycles. The van der Waals surface area contributed by atoms with E-state index in [1.807, 2.05) is 31.2 Å². The van der Waals surface area contributed by atoms with Gasteiger partial charge in [0.05, 0.1) is 5.92 Å². The molecule has 3 heterocycles. The number of benzene rings is 1. The summed E-state index contributed by atoms with van der Waals surface area (Å²) in [4.78, 5) is 29.9. The second-order valence-electron chi connectivity index (χ2n) is 8.59. The quantitative estimate of drug-likeness (QED) is 0.693. The number of amides is 2. The fourth-order valence-corrected chi connectivity index (χ4v) is 5.91. The summed E-state index contributed by atoms with van der Waals surface area (Å²) >= 11 is 0. The van der Waals surface area contributed by atoms with Gasteiger partial charge < -0.3 is 15.2 Å². The molecule has 1 aromatic carbocycles. The molecule has 8 nitrogen and oxygen atoms in total. The molecule has 172 valence electrons. The van der Waals surface area contributed by atoms with E-state index in [2.05, 4.69) is 10.3 Å². The molecule has 2 fully saturated rings. The lowest BCUT2D eigenvalue weighted by Gasteiger charge is -2.31. The maximum absolute atomic E-state index is 13.2. The van der Waals surface area contributed by atoms with Crippen LogP contribution in [-0.4, -0.2) is 60.6 Å². The van der Waals surface area contributed by atoms with Crippen LogP contribution in [0.25, 0.3) is 0 Å². The number of sulfonamides is 1. The molecular weight excluding hydrogens is 428 g/mol. The van der Waals surface area contributed by atoms with Gasteiger partial charge in [-0.1, -0.05) is 24.3 Å². The number of carbonyl (C=O) groups is 2. The number of carbonyl (C=O) groups excluding carboxylic acids is 2. The molecule has 2 aliphatic rings. The molecule has 0 radical (unpaired) electrons. The van der Waals surface area contributed by atoms with Crippen molar-refractivity contribution in [1.82, 2.24) is 19.5 Å².